The van der Waals surface area contributed by atoms with Gasteiger partial charge in [0.25, 0.3) is 0 Å². The van der Waals surface area contributed by atoms with Gasteiger partial charge in [-0.3, -0.25) is 38.4 Å². The monoisotopic (exact) mass is 1100 g/mol. The zero-order valence-corrected chi connectivity index (χ0v) is 48.5. The van der Waals surface area contributed by atoms with Crippen molar-refractivity contribution >= 4 is 47.6 Å². The van der Waals surface area contributed by atoms with Crippen LogP contribution in [0.25, 0.3) is 0 Å². The van der Waals surface area contributed by atoms with E-state index in [2.05, 4.69) is 29.8 Å². The molecule has 2 rings (SSSR count). The minimum atomic E-state index is -1.66. The van der Waals surface area contributed by atoms with Crippen molar-refractivity contribution < 1.29 is 71.5 Å². The molecule has 18 nitrogen and oxygen atoms in total. The molecule has 0 aromatic heterocycles. The molecular formula is C60H99N3O15. The molecule has 3 N–H and O–H groups in total. The fraction of sp³-hybridized carbons (Fsp3) is 0.767. The molecule has 0 radical (unpaired) electrons. The summed E-state index contributed by atoms with van der Waals surface area (Å²) in [6, 6.07) is 6.32. The van der Waals surface area contributed by atoms with Gasteiger partial charge >= 0.3 is 29.8 Å². The fourth-order valence-electron chi connectivity index (χ4n) is 9.64. The highest BCUT2D eigenvalue weighted by Crippen LogP contribution is 2.30. The molecule has 1 heterocycles. The second-order valence-electron chi connectivity index (χ2n) is 20.9. The van der Waals surface area contributed by atoms with E-state index in [1.165, 1.54) is 110 Å². The smallest absolute Gasteiger partial charge is 0.306 e. The second-order valence-corrected chi connectivity index (χ2v) is 20.9. The maximum Gasteiger partial charge on any atom is 0.306 e. The van der Waals surface area contributed by atoms with Gasteiger partial charge in [-0.25, -0.2) is 0 Å². The molecule has 0 spiro atoms. The van der Waals surface area contributed by atoms with Gasteiger partial charge in [-0.15, -0.1) is 0 Å². The summed E-state index contributed by atoms with van der Waals surface area (Å²) in [7, 11) is 1.39. The summed E-state index contributed by atoms with van der Waals surface area (Å²) >= 11 is 0. The molecule has 0 bridgehead atoms. The maximum absolute atomic E-state index is 14.6. The lowest BCUT2D eigenvalue weighted by atomic mass is 9.92. The molecule has 444 valence electrons. The number of unbranched alkanes of at least 4 members (excludes halogenated alkanes) is 22. The predicted octanol–water partition coefficient (Wildman–Crippen LogP) is 10.1. The standard InChI is InChI=1S/C60H99N3O15/c1-8-10-12-14-16-18-20-22-24-26-28-33-37-49(38-34-29-27-25-23-21-19-17-15-13-11-9-2)57(69)63-51(59(71)62-50(58(70)61-7)39-40-53(68)73-41-48-35-31-30-32-36-48)42-74-60-56(77-47(6)67)55(76-46(5)66)54(75-45(4)65)52(78-60)43-72-44(3)64/h30-32,35-36,49-52,54-56,60H,8-29,33-34,37-43H2,1-7H3,(H,61,70)(H,62,71)(H,63,69)/t50-,51-,52-,54-,55+,56+,60+/m1/s1. The van der Waals surface area contributed by atoms with Crippen molar-refractivity contribution in [3.8, 4) is 0 Å². The number of esters is 5. The third-order valence-electron chi connectivity index (χ3n) is 14.0. The number of carbonyl (C=O) groups is 8. The Balaban J connectivity index is 2.42. The van der Waals surface area contributed by atoms with E-state index in [9.17, 15) is 38.4 Å². The summed E-state index contributed by atoms with van der Waals surface area (Å²) in [5.74, 6) is -6.13. The minimum absolute atomic E-state index is 0.0149. The zero-order valence-electron chi connectivity index (χ0n) is 48.5. The first-order valence-electron chi connectivity index (χ1n) is 29.5. The maximum atomic E-state index is 14.6. The van der Waals surface area contributed by atoms with Crippen molar-refractivity contribution in [1.29, 1.82) is 0 Å². The van der Waals surface area contributed by atoms with Crippen LogP contribution in [0.2, 0.25) is 0 Å². The average molecular weight is 1100 g/mol. The van der Waals surface area contributed by atoms with E-state index in [1.807, 2.05) is 18.2 Å². The molecule has 1 saturated heterocycles. The third kappa shape index (κ3) is 31.5. The first kappa shape index (κ1) is 69.0. The molecule has 3 amide bonds. The van der Waals surface area contributed by atoms with Crippen LogP contribution < -0.4 is 16.0 Å². The Morgan fingerprint density at radius 1 is 0.500 bits per heavy atom. The highest BCUT2D eigenvalue weighted by atomic mass is 16.7. The van der Waals surface area contributed by atoms with Gasteiger partial charge in [0.2, 0.25) is 17.7 Å². The molecule has 1 aliphatic heterocycles. The Hall–Kier alpha value is -5.10. The molecule has 0 unspecified atom stereocenters. The summed E-state index contributed by atoms with van der Waals surface area (Å²) in [6.07, 6.45) is 21.2. The first-order valence-corrected chi connectivity index (χ1v) is 29.5. The predicted molar refractivity (Wildman–Crippen MR) is 296 cm³/mol. The van der Waals surface area contributed by atoms with Crippen molar-refractivity contribution in [3.05, 3.63) is 35.9 Å². The lowest BCUT2D eigenvalue weighted by Crippen LogP contribution is -2.63. The van der Waals surface area contributed by atoms with E-state index in [-0.39, 0.29) is 19.4 Å². The van der Waals surface area contributed by atoms with Crippen LogP contribution in [0.1, 0.15) is 227 Å². The number of ether oxygens (including phenoxy) is 7. The molecule has 78 heavy (non-hydrogen) atoms. The SMILES string of the molecule is CCCCCCCCCCCCCCC(CCCCCCCCCCCCCC)C(=O)N[C@H](CO[C@H]1O[C@H](COC(C)=O)[C@@H](OC(C)=O)[C@H](OC(C)=O)[C@@H]1OC(C)=O)C(=O)N[C@H](CCC(=O)OCc1ccccc1)C(=O)NC. The first-order chi connectivity index (χ1) is 37.6. The van der Waals surface area contributed by atoms with Crippen molar-refractivity contribution in [2.24, 2.45) is 5.92 Å². The van der Waals surface area contributed by atoms with Crippen LogP contribution in [0.15, 0.2) is 30.3 Å². The number of hydrogen-bond acceptors (Lipinski definition) is 15. The Labute approximate surface area is 466 Å². The Kier molecular flexibility index (Phi) is 37.9. The number of nitrogens with one attached hydrogen (secondary N) is 3. The van der Waals surface area contributed by atoms with Crippen LogP contribution in [-0.4, -0.2) is 111 Å². The van der Waals surface area contributed by atoms with Gasteiger partial charge in [-0.2, -0.15) is 0 Å². The molecule has 0 saturated carbocycles. The van der Waals surface area contributed by atoms with Crippen LogP contribution in [0, 0.1) is 5.92 Å². The minimum Gasteiger partial charge on any atom is -0.463 e. The molecule has 1 aliphatic rings. The van der Waals surface area contributed by atoms with Gasteiger partial charge in [0.1, 0.15) is 31.4 Å². The van der Waals surface area contributed by atoms with Crippen LogP contribution in [0.4, 0.5) is 0 Å². The highest BCUT2D eigenvalue weighted by molar-refractivity contribution is 5.92. The molecule has 1 aromatic carbocycles. The van der Waals surface area contributed by atoms with E-state index in [1.54, 1.807) is 12.1 Å². The summed E-state index contributed by atoms with van der Waals surface area (Å²) in [4.78, 5) is 105. The summed E-state index contributed by atoms with van der Waals surface area (Å²) in [5, 5.41) is 8.14. The highest BCUT2D eigenvalue weighted by Gasteiger charge is 2.53. The Morgan fingerprint density at radius 3 is 1.41 bits per heavy atom. The quantitative estimate of drug-likeness (QED) is 0.0313. The topological polar surface area (TPSA) is 237 Å². The lowest BCUT2D eigenvalue weighted by Gasteiger charge is -2.44. The summed E-state index contributed by atoms with van der Waals surface area (Å²) in [5.41, 5.74) is 0.771. The van der Waals surface area contributed by atoms with Crippen molar-refractivity contribution in [3.63, 3.8) is 0 Å². The molecule has 18 heteroatoms. The van der Waals surface area contributed by atoms with E-state index in [0.29, 0.717) is 12.8 Å². The van der Waals surface area contributed by atoms with Crippen molar-refractivity contribution in [2.75, 3.05) is 20.3 Å². The Bertz CT molecular complexity index is 1840. The molecule has 1 aromatic rings. The van der Waals surface area contributed by atoms with Gasteiger partial charge in [0.05, 0.1) is 6.61 Å². The Morgan fingerprint density at radius 2 is 0.949 bits per heavy atom. The van der Waals surface area contributed by atoms with E-state index in [4.69, 9.17) is 33.2 Å². The summed E-state index contributed by atoms with van der Waals surface area (Å²) < 4.78 is 39.7. The molecular weight excluding hydrogens is 1000 g/mol. The van der Waals surface area contributed by atoms with Gasteiger partial charge in [0.15, 0.2) is 24.6 Å². The van der Waals surface area contributed by atoms with Crippen molar-refractivity contribution in [2.45, 2.75) is 271 Å². The van der Waals surface area contributed by atoms with E-state index in [0.717, 1.165) is 84.6 Å². The van der Waals surface area contributed by atoms with Crippen LogP contribution in [0.5, 0.6) is 0 Å². The number of rotatable bonds is 44. The second kappa shape index (κ2) is 42.8. The number of likely N-dealkylation sites (N-methyl/N-ethyl adjacent to an activating group) is 1. The van der Waals surface area contributed by atoms with E-state index >= 15 is 0 Å². The van der Waals surface area contributed by atoms with Crippen LogP contribution >= 0.6 is 0 Å². The fourth-order valence-corrected chi connectivity index (χ4v) is 9.64. The largest absolute Gasteiger partial charge is 0.463 e. The summed E-state index contributed by atoms with van der Waals surface area (Å²) in [6.45, 7) is 7.75. The normalized spacial score (nSPS) is 17.8. The average Bonchev–Trinajstić information content (AvgIpc) is 3.40. The van der Waals surface area contributed by atoms with Gasteiger partial charge in [-0.05, 0) is 24.8 Å². The molecule has 0 aliphatic carbocycles. The number of carbonyl (C=O) groups excluding carboxylic acids is 8. The third-order valence-corrected chi connectivity index (χ3v) is 14.0. The molecule has 1 fully saturated rings. The number of hydrogen-bond donors (Lipinski definition) is 3. The number of amides is 3. The number of benzene rings is 1. The van der Waals surface area contributed by atoms with Crippen LogP contribution in [-0.2, 0) is 78.1 Å². The van der Waals surface area contributed by atoms with Gasteiger partial charge in [-0.1, -0.05) is 198 Å². The molecule has 7 atom stereocenters. The van der Waals surface area contributed by atoms with E-state index < -0.39 is 109 Å². The zero-order chi connectivity index (χ0) is 57.3. The van der Waals surface area contributed by atoms with Gasteiger partial charge in [0, 0.05) is 47.1 Å². The van der Waals surface area contributed by atoms with Crippen LogP contribution in [0.3, 0.4) is 0 Å². The van der Waals surface area contributed by atoms with Gasteiger partial charge < -0.3 is 49.1 Å². The lowest BCUT2D eigenvalue weighted by molar-refractivity contribution is -0.308. The van der Waals surface area contributed by atoms with Crippen molar-refractivity contribution in [1.82, 2.24) is 16.0 Å².